The molecule has 0 aromatic carbocycles. The van der Waals surface area contributed by atoms with Crippen LogP contribution in [0.1, 0.15) is 32.6 Å². The standard InChI is InChI=1S/C13H23N3O4/c1-10(5-3-6-12(18)19)14-13(20)16-8-4-7-15(2)11(17)9-16/h10H,3-9H2,1-2H3,(H,14,20)(H,18,19). The molecule has 1 fully saturated rings. The van der Waals surface area contributed by atoms with Crippen molar-refractivity contribution in [3.63, 3.8) is 0 Å². The summed E-state index contributed by atoms with van der Waals surface area (Å²) in [7, 11) is 1.73. The van der Waals surface area contributed by atoms with Gasteiger partial charge in [-0.15, -0.1) is 0 Å². The van der Waals surface area contributed by atoms with Gasteiger partial charge in [0, 0.05) is 32.6 Å². The van der Waals surface area contributed by atoms with Gasteiger partial charge in [0.05, 0.1) is 0 Å². The first-order valence-corrected chi connectivity index (χ1v) is 6.91. The first-order valence-electron chi connectivity index (χ1n) is 6.91. The van der Waals surface area contributed by atoms with Gasteiger partial charge in [0.25, 0.3) is 0 Å². The topological polar surface area (TPSA) is 89.9 Å². The number of amides is 3. The summed E-state index contributed by atoms with van der Waals surface area (Å²) in [5.74, 6) is -0.888. The highest BCUT2D eigenvalue weighted by molar-refractivity contribution is 5.84. The van der Waals surface area contributed by atoms with Crippen LogP contribution in [0.4, 0.5) is 4.79 Å². The Kier molecular flexibility index (Phi) is 6.27. The number of likely N-dealkylation sites (N-methyl/N-ethyl adjacent to an activating group) is 1. The molecule has 2 N–H and O–H groups in total. The van der Waals surface area contributed by atoms with Crippen LogP contribution in [0.2, 0.25) is 0 Å². The molecule has 3 amide bonds. The normalized spacial score (nSPS) is 17.6. The lowest BCUT2D eigenvalue weighted by Gasteiger charge is -2.23. The molecular weight excluding hydrogens is 262 g/mol. The number of nitrogens with one attached hydrogen (secondary N) is 1. The molecule has 0 bridgehead atoms. The van der Waals surface area contributed by atoms with Crippen molar-refractivity contribution >= 4 is 17.9 Å². The number of carboxylic acid groups (broad SMARTS) is 1. The lowest BCUT2D eigenvalue weighted by molar-refractivity contribution is -0.137. The molecule has 1 heterocycles. The number of urea groups is 1. The van der Waals surface area contributed by atoms with Crippen LogP contribution in [0, 0.1) is 0 Å². The van der Waals surface area contributed by atoms with Gasteiger partial charge in [0.2, 0.25) is 5.91 Å². The van der Waals surface area contributed by atoms with Crippen LogP contribution in [-0.4, -0.2) is 65.5 Å². The molecule has 20 heavy (non-hydrogen) atoms. The zero-order chi connectivity index (χ0) is 15.1. The molecule has 0 spiro atoms. The van der Waals surface area contributed by atoms with Crippen LogP contribution >= 0.6 is 0 Å². The van der Waals surface area contributed by atoms with E-state index in [0.717, 1.165) is 6.42 Å². The first-order chi connectivity index (χ1) is 9.40. The number of carbonyl (C=O) groups excluding carboxylic acids is 2. The molecule has 1 rings (SSSR count). The number of hydrogen-bond acceptors (Lipinski definition) is 3. The van der Waals surface area contributed by atoms with E-state index in [9.17, 15) is 14.4 Å². The Balaban J connectivity index is 2.37. The van der Waals surface area contributed by atoms with E-state index < -0.39 is 5.97 Å². The monoisotopic (exact) mass is 285 g/mol. The smallest absolute Gasteiger partial charge is 0.318 e. The van der Waals surface area contributed by atoms with Crippen LogP contribution in [-0.2, 0) is 9.59 Å². The summed E-state index contributed by atoms with van der Waals surface area (Å²) in [6, 6.07) is -0.352. The summed E-state index contributed by atoms with van der Waals surface area (Å²) in [5, 5.41) is 11.4. The molecule has 7 nitrogen and oxygen atoms in total. The predicted octanol–water partition coefficient (Wildman–Crippen LogP) is 0.504. The van der Waals surface area contributed by atoms with Gasteiger partial charge in [0.1, 0.15) is 6.54 Å². The molecule has 1 unspecified atom stereocenters. The molecule has 1 aliphatic rings. The lowest BCUT2D eigenvalue weighted by atomic mass is 10.1. The largest absolute Gasteiger partial charge is 0.481 e. The fourth-order valence-corrected chi connectivity index (χ4v) is 2.09. The highest BCUT2D eigenvalue weighted by Gasteiger charge is 2.23. The second-order valence-electron chi connectivity index (χ2n) is 5.23. The van der Waals surface area contributed by atoms with Gasteiger partial charge in [-0.25, -0.2) is 4.79 Å². The SMILES string of the molecule is CC(CCCC(=O)O)NC(=O)N1CCCN(C)C(=O)C1. The minimum Gasteiger partial charge on any atom is -0.481 e. The van der Waals surface area contributed by atoms with E-state index in [0.29, 0.717) is 25.9 Å². The summed E-state index contributed by atoms with van der Waals surface area (Å²) in [5.41, 5.74) is 0. The van der Waals surface area contributed by atoms with Gasteiger partial charge < -0.3 is 20.2 Å². The average molecular weight is 285 g/mol. The fourth-order valence-electron chi connectivity index (χ4n) is 2.09. The zero-order valence-corrected chi connectivity index (χ0v) is 12.1. The van der Waals surface area contributed by atoms with Gasteiger partial charge in [-0.1, -0.05) is 0 Å². The Hall–Kier alpha value is -1.79. The van der Waals surface area contributed by atoms with Gasteiger partial charge in [-0.2, -0.15) is 0 Å². The van der Waals surface area contributed by atoms with Crippen molar-refractivity contribution in [3.8, 4) is 0 Å². The van der Waals surface area contributed by atoms with E-state index in [1.165, 1.54) is 4.90 Å². The Labute approximate surface area is 118 Å². The van der Waals surface area contributed by atoms with E-state index in [2.05, 4.69) is 5.32 Å². The summed E-state index contributed by atoms with van der Waals surface area (Å²) in [6.07, 6.45) is 2.01. The number of aliphatic carboxylic acids is 1. The number of hydrogen-bond donors (Lipinski definition) is 2. The van der Waals surface area contributed by atoms with E-state index in [1.54, 1.807) is 11.9 Å². The maximum absolute atomic E-state index is 12.0. The number of rotatable bonds is 5. The Morgan fingerprint density at radius 3 is 2.75 bits per heavy atom. The van der Waals surface area contributed by atoms with Crippen molar-refractivity contribution in [1.82, 2.24) is 15.1 Å². The third-order valence-electron chi connectivity index (χ3n) is 3.36. The third-order valence-corrected chi connectivity index (χ3v) is 3.36. The molecule has 0 aliphatic carbocycles. The van der Waals surface area contributed by atoms with Gasteiger partial charge in [-0.3, -0.25) is 9.59 Å². The number of carboxylic acids is 1. The van der Waals surface area contributed by atoms with E-state index in [-0.39, 0.29) is 30.9 Å². The minimum atomic E-state index is -0.829. The van der Waals surface area contributed by atoms with E-state index in [4.69, 9.17) is 5.11 Å². The van der Waals surface area contributed by atoms with Crippen molar-refractivity contribution < 1.29 is 19.5 Å². The lowest BCUT2D eigenvalue weighted by Crippen LogP contribution is -2.46. The van der Waals surface area contributed by atoms with Crippen molar-refractivity contribution in [2.45, 2.75) is 38.6 Å². The molecule has 1 aliphatic heterocycles. The van der Waals surface area contributed by atoms with Crippen molar-refractivity contribution in [1.29, 1.82) is 0 Å². The first kappa shape index (κ1) is 16.3. The Morgan fingerprint density at radius 2 is 2.10 bits per heavy atom. The fraction of sp³-hybridized carbons (Fsp3) is 0.769. The molecule has 0 aromatic heterocycles. The van der Waals surface area contributed by atoms with Gasteiger partial charge in [0.15, 0.2) is 0 Å². The average Bonchev–Trinajstić information content (AvgIpc) is 2.51. The minimum absolute atomic E-state index is 0.0591. The van der Waals surface area contributed by atoms with Crippen LogP contribution in [0.25, 0.3) is 0 Å². The Morgan fingerprint density at radius 1 is 1.40 bits per heavy atom. The predicted molar refractivity (Wildman–Crippen MR) is 73.3 cm³/mol. The van der Waals surface area contributed by atoms with Crippen LogP contribution in [0.3, 0.4) is 0 Å². The number of carbonyl (C=O) groups is 3. The second-order valence-corrected chi connectivity index (χ2v) is 5.23. The summed E-state index contributed by atoms with van der Waals surface area (Å²) >= 11 is 0. The van der Waals surface area contributed by atoms with Gasteiger partial charge >= 0.3 is 12.0 Å². The highest BCUT2D eigenvalue weighted by atomic mass is 16.4. The van der Waals surface area contributed by atoms with Crippen molar-refractivity contribution in [2.24, 2.45) is 0 Å². The zero-order valence-electron chi connectivity index (χ0n) is 12.1. The molecular formula is C13H23N3O4. The molecule has 7 heteroatoms. The summed E-state index contributed by atoms with van der Waals surface area (Å²) in [4.78, 5) is 37.3. The van der Waals surface area contributed by atoms with Gasteiger partial charge in [-0.05, 0) is 26.2 Å². The Bertz CT molecular complexity index is 373. The maximum atomic E-state index is 12.0. The van der Waals surface area contributed by atoms with E-state index >= 15 is 0 Å². The van der Waals surface area contributed by atoms with E-state index in [1.807, 2.05) is 6.92 Å². The molecule has 0 radical (unpaired) electrons. The van der Waals surface area contributed by atoms with Crippen LogP contribution < -0.4 is 5.32 Å². The second kappa shape index (κ2) is 7.72. The summed E-state index contributed by atoms with van der Waals surface area (Å²) < 4.78 is 0. The third kappa shape index (κ3) is 5.46. The van der Waals surface area contributed by atoms with Crippen LogP contribution in [0.5, 0.6) is 0 Å². The quantitative estimate of drug-likeness (QED) is 0.770. The van der Waals surface area contributed by atoms with Crippen molar-refractivity contribution in [3.05, 3.63) is 0 Å². The van der Waals surface area contributed by atoms with Crippen LogP contribution in [0.15, 0.2) is 0 Å². The molecule has 1 saturated heterocycles. The maximum Gasteiger partial charge on any atom is 0.318 e. The van der Waals surface area contributed by atoms with Crippen molar-refractivity contribution in [2.75, 3.05) is 26.7 Å². The molecule has 0 aromatic rings. The summed E-state index contributed by atoms with van der Waals surface area (Å²) in [6.45, 7) is 3.16. The molecule has 0 saturated carbocycles. The number of nitrogens with zero attached hydrogens (tertiary/aromatic N) is 2. The molecule has 114 valence electrons. The highest BCUT2D eigenvalue weighted by Crippen LogP contribution is 2.05. The molecule has 1 atom stereocenters.